The Kier molecular flexibility index (Phi) is 9.51. The highest BCUT2D eigenvalue weighted by atomic mass is 16.5. The average Bonchev–Trinajstić information content (AvgIpc) is 2.86. The molecule has 1 aromatic heterocycles. The summed E-state index contributed by atoms with van der Waals surface area (Å²) < 4.78 is 6.36. The van der Waals surface area contributed by atoms with E-state index in [4.69, 9.17) is 4.74 Å². The smallest absolute Gasteiger partial charge is 0.252 e. The van der Waals surface area contributed by atoms with Crippen LogP contribution in [0.15, 0.2) is 23.0 Å². The number of carbonyl (C=O) groups excluding carboxylic acids is 1. The van der Waals surface area contributed by atoms with Crippen LogP contribution in [0.4, 0.5) is 5.69 Å². The van der Waals surface area contributed by atoms with Gasteiger partial charge in [0, 0.05) is 66.8 Å². The van der Waals surface area contributed by atoms with Crippen LogP contribution in [0.5, 0.6) is 5.75 Å². The third kappa shape index (κ3) is 6.91. The van der Waals surface area contributed by atoms with E-state index in [0.29, 0.717) is 29.8 Å². The maximum absolute atomic E-state index is 13.6. The van der Waals surface area contributed by atoms with Gasteiger partial charge >= 0.3 is 0 Å². The van der Waals surface area contributed by atoms with Crippen LogP contribution in [0.25, 0.3) is 0 Å². The molecule has 1 saturated heterocycles. The number of H-pyrrole nitrogens is 1. The van der Waals surface area contributed by atoms with E-state index in [1.54, 1.807) is 0 Å². The highest BCUT2D eigenvalue weighted by Gasteiger charge is 2.30. The lowest BCUT2D eigenvalue weighted by molar-refractivity contribution is 0.0387. The zero-order valence-corrected chi connectivity index (χ0v) is 24.9. The molecule has 8 heteroatoms. The number of nitrogens with one attached hydrogen (secondary N) is 2. The van der Waals surface area contributed by atoms with Crippen molar-refractivity contribution >= 4 is 11.5 Å². The molecule has 8 nitrogen and oxygen atoms in total. The highest BCUT2D eigenvalue weighted by Crippen LogP contribution is 2.35. The Morgan fingerprint density at radius 3 is 2.33 bits per heavy atom. The molecule has 2 fully saturated rings. The van der Waals surface area contributed by atoms with E-state index in [0.717, 1.165) is 60.7 Å². The summed E-state index contributed by atoms with van der Waals surface area (Å²) >= 11 is 0. The molecule has 0 spiro atoms. The van der Waals surface area contributed by atoms with E-state index in [-0.39, 0.29) is 24.0 Å². The van der Waals surface area contributed by atoms with Gasteiger partial charge in [0.05, 0.1) is 6.54 Å². The molecular weight excluding hydrogens is 490 g/mol. The second-order valence-electron chi connectivity index (χ2n) is 11.8. The van der Waals surface area contributed by atoms with Crippen molar-refractivity contribution in [3.05, 3.63) is 56.5 Å². The number of aryl methyl sites for hydroxylation is 2. The van der Waals surface area contributed by atoms with Gasteiger partial charge in [0.15, 0.2) is 5.78 Å². The van der Waals surface area contributed by atoms with Crippen molar-refractivity contribution in [3.8, 4) is 5.75 Å². The van der Waals surface area contributed by atoms with Crippen molar-refractivity contribution in [2.75, 3.05) is 52.2 Å². The maximum atomic E-state index is 13.6. The molecule has 0 radical (unpaired) electrons. The third-order valence-electron chi connectivity index (χ3n) is 8.56. The number of likely N-dealkylation sites (N-methyl/N-ethyl adjacent to an activating group) is 1. The van der Waals surface area contributed by atoms with Gasteiger partial charge < -0.3 is 24.8 Å². The zero-order valence-electron chi connectivity index (χ0n) is 24.9. The Balaban J connectivity index is 1.55. The summed E-state index contributed by atoms with van der Waals surface area (Å²) in [4.78, 5) is 35.9. The van der Waals surface area contributed by atoms with E-state index >= 15 is 0 Å². The summed E-state index contributed by atoms with van der Waals surface area (Å²) in [6.45, 7) is 11.2. The number of anilines is 1. The van der Waals surface area contributed by atoms with Gasteiger partial charge in [-0.15, -0.1) is 0 Å². The predicted octanol–water partition coefficient (Wildman–Crippen LogP) is 3.66. The number of aromatic amines is 1. The van der Waals surface area contributed by atoms with E-state index < -0.39 is 0 Å². The van der Waals surface area contributed by atoms with E-state index in [2.05, 4.69) is 66.1 Å². The van der Waals surface area contributed by atoms with Gasteiger partial charge in [0.25, 0.3) is 5.56 Å². The molecule has 2 heterocycles. The molecule has 1 aliphatic heterocycles. The number of carbonyl (C=O) groups is 1. The standard InChI is InChI=1S/C31H47N5O3/c1-8-36(24-11-9-23(10-12-24)34(5)6)29-15-25(39-26-18-35(7)19-26)14-27(22(29)4)30(37)17-32-16-28-20(2)13-21(3)33-31(28)38/h13-15,23-24,26,32H,8-12,16-19H2,1-7H3,(H,33,38). The molecule has 1 saturated carbocycles. The molecule has 39 heavy (non-hydrogen) atoms. The quantitative estimate of drug-likeness (QED) is 0.424. The molecule has 0 unspecified atom stereocenters. The largest absolute Gasteiger partial charge is 0.488 e. The topological polar surface area (TPSA) is 80.9 Å². The molecule has 2 N–H and O–H groups in total. The number of likely N-dealkylation sites (tertiary alicyclic amines) is 1. The van der Waals surface area contributed by atoms with E-state index in [1.807, 2.05) is 26.0 Å². The summed E-state index contributed by atoms with van der Waals surface area (Å²) in [5.74, 6) is 0.779. The second kappa shape index (κ2) is 12.7. The molecule has 2 aromatic rings. The number of aromatic nitrogens is 1. The Labute approximate surface area is 233 Å². The number of ketones is 1. The number of benzene rings is 1. The van der Waals surface area contributed by atoms with Gasteiger partial charge in [-0.25, -0.2) is 0 Å². The number of rotatable bonds is 11. The van der Waals surface area contributed by atoms with Gasteiger partial charge in [0.1, 0.15) is 11.9 Å². The monoisotopic (exact) mass is 537 g/mol. The fourth-order valence-electron chi connectivity index (χ4n) is 6.25. The summed E-state index contributed by atoms with van der Waals surface area (Å²) in [7, 11) is 6.44. The number of hydrogen-bond acceptors (Lipinski definition) is 7. The van der Waals surface area contributed by atoms with Crippen LogP contribution < -0.4 is 20.5 Å². The first kappa shape index (κ1) is 29.3. The molecule has 214 valence electrons. The summed E-state index contributed by atoms with van der Waals surface area (Å²) in [5.41, 5.74) is 5.13. The van der Waals surface area contributed by atoms with Crippen LogP contribution in [0.2, 0.25) is 0 Å². The lowest BCUT2D eigenvalue weighted by Crippen LogP contribution is -2.51. The first-order valence-corrected chi connectivity index (χ1v) is 14.4. The van der Waals surface area contributed by atoms with Gasteiger partial charge in [0.2, 0.25) is 0 Å². The lowest BCUT2D eigenvalue weighted by Gasteiger charge is -2.41. The Hall–Kier alpha value is -2.68. The fourth-order valence-corrected chi connectivity index (χ4v) is 6.25. The predicted molar refractivity (Wildman–Crippen MR) is 158 cm³/mol. The zero-order chi connectivity index (χ0) is 28.3. The number of pyridine rings is 1. The second-order valence-corrected chi connectivity index (χ2v) is 11.8. The molecule has 0 amide bonds. The van der Waals surface area contributed by atoms with Crippen LogP contribution in [-0.4, -0.2) is 86.1 Å². The first-order valence-electron chi connectivity index (χ1n) is 14.4. The first-order chi connectivity index (χ1) is 18.6. The van der Waals surface area contributed by atoms with Crippen LogP contribution in [0.3, 0.4) is 0 Å². The molecule has 1 aromatic carbocycles. The third-order valence-corrected chi connectivity index (χ3v) is 8.56. The number of nitrogens with zero attached hydrogens (tertiary/aromatic N) is 3. The fraction of sp³-hybridized carbons (Fsp3) is 0.613. The van der Waals surface area contributed by atoms with Crippen molar-refractivity contribution in [2.45, 2.75) is 78.1 Å². The molecule has 0 atom stereocenters. The van der Waals surface area contributed by atoms with Crippen molar-refractivity contribution in [2.24, 2.45) is 0 Å². The lowest BCUT2D eigenvalue weighted by atomic mass is 9.88. The SMILES string of the molecule is CCN(c1cc(OC2CN(C)C2)cc(C(=O)CNCc2c(C)cc(C)[nH]c2=O)c1C)C1CCC(N(C)C)CC1. The molecule has 0 bridgehead atoms. The molecule has 1 aliphatic carbocycles. The Morgan fingerprint density at radius 2 is 1.74 bits per heavy atom. The minimum atomic E-state index is -0.102. The summed E-state index contributed by atoms with van der Waals surface area (Å²) in [6.07, 6.45) is 4.80. The van der Waals surface area contributed by atoms with Gasteiger partial charge in [-0.05, 0) is 97.8 Å². The van der Waals surface area contributed by atoms with Crippen LogP contribution >= 0.6 is 0 Å². The van der Waals surface area contributed by atoms with Crippen LogP contribution in [0, 0.1) is 20.8 Å². The van der Waals surface area contributed by atoms with Gasteiger partial charge in [-0.2, -0.15) is 0 Å². The summed E-state index contributed by atoms with van der Waals surface area (Å²) in [5, 5.41) is 3.22. The maximum Gasteiger partial charge on any atom is 0.252 e. The van der Waals surface area contributed by atoms with Gasteiger partial charge in [-0.1, -0.05) is 0 Å². The Bertz CT molecular complexity index is 1210. The van der Waals surface area contributed by atoms with Crippen molar-refractivity contribution in [1.82, 2.24) is 20.1 Å². The normalized spacial score (nSPS) is 20.2. The Morgan fingerprint density at radius 1 is 1.08 bits per heavy atom. The molecule has 2 aliphatic rings. The van der Waals surface area contributed by atoms with Crippen molar-refractivity contribution in [1.29, 1.82) is 0 Å². The molecular formula is C31H47N5O3. The van der Waals surface area contributed by atoms with Gasteiger partial charge in [-0.3, -0.25) is 14.5 Å². The number of ether oxygens (including phenoxy) is 1. The van der Waals surface area contributed by atoms with Crippen molar-refractivity contribution < 1.29 is 9.53 Å². The minimum Gasteiger partial charge on any atom is -0.488 e. The number of Topliss-reactive ketones (excluding diaryl/α,β-unsaturated/α-hetero) is 1. The summed E-state index contributed by atoms with van der Waals surface area (Å²) in [6, 6.07) is 7.11. The van der Waals surface area contributed by atoms with E-state index in [9.17, 15) is 9.59 Å². The number of hydrogen-bond donors (Lipinski definition) is 2. The highest BCUT2D eigenvalue weighted by molar-refractivity contribution is 6.00. The van der Waals surface area contributed by atoms with Crippen molar-refractivity contribution in [3.63, 3.8) is 0 Å². The van der Waals surface area contributed by atoms with Crippen LogP contribution in [-0.2, 0) is 6.54 Å². The minimum absolute atomic E-state index is 0.0125. The van der Waals surface area contributed by atoms with E-state index in [1.165, 1.54) is 12.8 Å². The average molecular weight is 538 g/mol. The van der Waals surface area contributed by atoms with Crippen LogP contribution in [0.1, 0.15) is 65.3 Å². The molecule has 4 rings (SSSR count).